The maximum Gasteiger partial charge on any atom is 0.0209 e. The molecule has 0 amide bonds. The average Bonchev–Trinajstić information content (AvgIpc) is 2.85. The molecule has 1 heterocycles. The van der Waals surface area contributed by atoms with Crippen molar-refractivity contribution in [2.24, 2.45) is 5.41 Å². The van der Waals surface area contributed by atoms with Crippen molar-refractivity contribution in [2.75, 3.05) is 19.6 Å². The molecule has 1 atom stereocenters. The maximum absolute atomic E-state index is 3.76. The predicted molar refractivity (Wildman–Crippen MR) is 63.0 cm³/mol. The summed E-state index contributed by atoms with van der Waals surface area (Å²) in [5.74, 6) is 0. The zero-order chi connectivity index (χ0) is 10.3. The Labute approximate surface area is 93.4 Å². The lowest BCUT2D eigenvalue weighted by molar-refractivity contribution is 0.0973. The fraction of sp³-hybridized carbons (Fsp3) is 1.00. The summed E-state index contributed by atoms with van der Waals surface area (Å²) in [4.78, 5) is 2.69. The average molecular weight is 208 g/mol. The summed E-state index contributed by atoms with van der Waals surface area (Å²) in [5.41, 5.74) is 0.675. The normalized spacial score (nSPS) is 35.4. The molecule has 3 fully saturated rings. The van der Waals surface area contributed by atoms with Crippen LogP contribution in [0.1, 0.15) is 45.4 Å². The van der Waals surface area contributed by atoms with Gasteiger partial charge in [-0.2, -0.15) is 0 Å². The molecule has 1 aliphatic heterocycles. The predicted octanol–water partition coefficient (Wildman–Crippen LogP) is 2.00. The highest BCUT2D eigenvalue weighted by Gasteiger charge is 2.36. The van der Waals surface area contributed by atoms with E-state index in [1.807, 2.05) is 0 Å². The second-order valence-corrected chi connectivity index (χ2v) is 6.33. The molecule has 0 bridgehead atoms. The van der Waals surface area contributed by atoms with Crippen molar-refractivity contribution in [3.8, 4) is 0 Å². The number of nitrogens with zero attached hydrogens (tertiary/aromatic N) is 1. The van der Waals surface area contributed by atoms with E-state index in [2.05, 4.69) is 17.1 Å². The van der Waals surface area contributed by atoms with Gasteiger partial charge in [-0.25, -0.2) is 0 Å². The third kappa shape index (κ3) is 2.36. The Hall–Kier alpha value is -0.0800. The van der Waals surface area contributed by atoms with Crippen LogP contribution in [-0.2, 0) is 0 Å². The third-order valence-electron chi connectivity index (χ3n) is 4.49. The molecule has 3 rings (SSSR count). The summed E-state index contributed by atoms with van der Waals surface area (Å²) in [6, 6.07) is 1.69. The van der Waals surface area contributed by atoms with Gasteiger partial charge < -0.3 is 10.2 Å². The number of hydrogen-bond donors (Lipinski definition) is 1. The Morgan fingerprint density at radius 2 is 2.00 bits per heavy atom. The van der Waals surface area contributed by atoms with E-state index in [-0.39, 0.29) is 0 Å². The van der Waals surface area contributed by atoms with Gasteiger partial charge >= 0.3 is 0 Å². The zero-order valence-corrected chi connectivity index (χ0v) is 9.97. The van der Waals surface area contributed by atoms with Crippen molar-refractivity contribution in [2.45, 2.75) is 57.5 Å². The molecule has 2 heteroatoms. The van der Waals surface area contributed by atoms with Gasteiger partial charge in [0.1, 0.15) is 0 Å². The summed E-state index contributed by atoms with van der Waals surface area (Å²) >= 11 is 0. The van der Waals surface area contributed by atoms with Crippen molar-refractivity contribution in [1.29, 1.82) is 0 Å². The topological polar surface area (TPSA) is 15.3 Å². The molecule has 86 valence electrons. The van der Waals surface area contributed by atoms with Crippen LogP contribution in [0, 0.1) is 5.41 Å². The zero-order valence-electron chi connectivity index (χ0n) is 9.97. The van der Waals surface area contributed by atoms with Crippen LogP contribution in [0.3, 0.4) is 0 Å². The highest BCUT2D eigenvalue weighted by molar-refractivity contribution is 4.93. The summed E-state index contributed by atoms with van der Waals surface area (Å²) in [5, 5.41) is 3.76. The maximum atomic E-state index is 3.76. The molecule has 0 aromatic heterocycles. The van der Waals surface area contributed by atoms with Crippen molar-refractivity contribution >= 4 is 0 Å². The van der Waals surface area contributed by atoms with Crippen molar-refractivity contribution in [3.63, 3.8) is 0 Å². The van der Waals surface area contributed by atoms with Crippen LogP contribution in [0.15, 0.2) is 0 Å². The molecule has 1 unspecified atom stereocenters. The van der Waals surface area contributed by atoms with E-state index in [1.54, 1.807) is 0 Å². The first-order valence-electron chi connectivity index (χ1n) is 6.72. The number of rotatable bonds is 4. The van der Waals surface area contributed by atoms with Crippen LogP contribution in [0.4, 0.5) is 0 Å². The highest BCUT2D eigenvalue weighted by atomic mass is 15.2. The molecular weight excluding hydrogens is 184 g/mol. The molecule has 15 heavy (non-hydrogen) atoms. The van der Waals surface area contributed by atoms with Crippen molar-refractivity contribution in [1.82, 2.24) is 10.2 Å². The Morgan fingerprint density at radius 3 is 2.60 bits per heavy atom. The lowest BCUT2D eigenvalue weighted by Crippen LogP contribution is -2.41. The fourth-order valence-corrected chi connectivity index (χ4v) is 3.17. The Bertz CT molecular complexity index is 231. The summed E-state index contributed by atoms with van der Waals surface area (Å²) < 4.78 is 0. The highest BCUT2D eigenvalue weighted by Crippen LogP contribution is 2.41. The van der Waals surface area contributed by atoms with E-state index in [1.165, 1.54) is 58.2 Å². The Morgan fingerprint density at radius 1 is 1.20 bits per heavy atom. The molecule has 0 aromatic rings. The van der Waals surface area contributed by atoms with E-state index in [9.17, 15) is 0 Å². The van der Waals surface area contributed by atoms with Crippen molar-refractivity contribution in [3.05, 3.63) is 0 Å². The lowest BCUT2D eigenvalue weighted by atomic mass is 9.70. The second-order valence-electron chi connectivity index (χ2n) is 6.33. The molecule has 2 saturated carbocycles. The van der Waals surface area contributed by atoms with Gasteiger partial charge in [-0.05, 0) is 44.1 Å². The van der Waals surface area contributed by atoms with Gasteiger partial charge in [0, 0.05) is 25.2 Å². The molecular formula is C13H24N2. The fourth-order valence-electron chi connectivity index (χ4n) is 3.17. The van der Waals surface area contributed by atoms with E-state index in [4.69, 9.17) is 0 Å². The molecule has 1 N–H and O–H groups in total. The van der Waals surface area contributed by atoms with Gasteiger partial charge in [0.2, 0.25) is 0 Å². The minimum atomic E-state index is 0.675. The Kier molecular flexibility index (Phi) is 2.52. The van der Waals surface area contributed by atoms with E-state index < -0.39 is 0 Å². The first-order valence-corrected chi connectivity index (χ1v) is 6.72. The van der Waals surface area contributed by atoms with Gasteiger partial charge in [-0.3, -0.25) is 0 Å². The monoisotopic (exact) mass is 208 g/mol. The van der Waals surface area contributed by atoms with E-state index >= 15 is 0 Å². The first-order chi connectivity index (χ1) is 7.23. The van der Waals surface area contributed by atoms with Gasteiger partial charge in [-0.15, -0.1) is 0 Å². The minimum absolute atomic E-state index is 0.675. The molecule has 0 radical (unpaired) electrons. The molecule has 2 nitrogen and oxygen atoms in total. The van der Waals surface area contributed by atoms with Gasteiger partial charge in [0.15, 0.2) is 0 Å². The molecule has 3 aliphatic rings. The molecule has 1 saturated heterocycles. The van der Waals surface area contributed by atoms with E-state index in [0.29, 0.717) is 5.41 Å². The largest absolute Gasteiger partial charge is 0.310 e. The minimum Gasteiger partial charge on any atom is -0.310 e. The molecule has 0 aromatic carbocycles. The number of nitrogens with one attached hydrogen (secondary N) is 1. The number of likely N-dealkylation sites (tertiary alicyclic amines) is 1. The summed E-state index contributed by atoms with van der Waals surface area (Å²) in [7, 11) is 0. The smallest absolute Gasteiger partial charge is 0.0209 e. The van der Waals surface area contributed by atoms with Crippen LogP contribution < -0.4 is 5.32 Å². The van der Waals surface area contributed by atoms with Crippen molar-refractivity contribution < 1.29 is 0 Å². The first kappa shape index (κ1) is 10.1. The van der Waals surface area contributed by atoms with E-state index in [0.717, 1.165) is 12.1 Å². The molecule has 0 spiro atoms. The Balaban J connectivity index is 1.43. The SMILES string of the molecule is CC1(CN2CCC(NC3CC3)C2)CCC1. The van der Waals surface area contributed by atoms with Gasteiger partial charge in [0.25, 0.3) is 0 Å². The van der Waals surface area contributed by atoms with Crippen LogP contribution in [-0.4, -0.2) is 36.6 Å². The third-order valence-corrected chi connectivity index (χ3v) is 4.49. The second kappa shape index (κ2) is 3.74. The van der Waals surface area contributed by atoms with Gasteiger partial charge in [-0.1, -0.05) is 13.3 Å². The van der Waals surface area contributed by atoms with Crippen LogP contribution >= 0.6 is 0 Å². The quantitative estimate of drug-likeness (QED) is 0.760. The summed E-state index contributed by atoms with van der Waals surface area (Å²) in [6.45, 7) is 6.47. The van der Waals surface area contributed by atoms with Gasteiger partial charge in [0.05, 0.1) is 0 Å². The standard InChI is InChI=1S/C13H24N2/c1-13(6-2-7-13)10-15-8-5-12(9-15)14-11-3-4-11/h11-12,14H,2-10H2,1H3. The lowest BCUT2D eigenvalue weighted by Gasteiger charge is -2.41. The molecule has 2 aliphatic carbocycles. The number of hydrogen-bond acceptors (Lipinski definition) is 2. The summed E-state index contributed by atoms with van der Waals surface area (Å²) in [6.07, 6.45) is 8.62. The van der Waals surface area contributed by atoms with Crippen LogP contribution in [0.25, 0.3) is 0 Å². The van der Waals surface area contributed by atoms with Crippen LogP contribution in [0.2, 0.25) is 0 Å². The van der Waals surface area contributed by atoms with Crippen LogP contribution in [0.5, 0.6) is 0 Å².